The topological polar surface area (TPSA) is 82.8 Å². The lowest BCUT2D eigenvalue weighted by atomic mass is 9.89. The molecular formula is C19H18O6. The molecule has 0 aliphatic carbocycles. The van der Waals surface area contributed by atoms with E-state index in [9.17, 15) is 14.4 Å². The van der Waals surface area contributed by atoms with Crippen LogP contribution in [0.25, 0.3) is 11.0 Å². The van der Waals surface area contributed by atoms with Crippen LogP contribution in [0, 0.1) is 0 Å². The lowest BCUT2D eigenvalue weighted by Gasteiger charge is -2.38. The second kappa shape index (κ2) is 5.88. The number of hydrogen-bond acceptors (Lipinski definition) is 6. The van der Waals surface area contributed by atoms with Gasteiger partial charge in [0.2, 0.25) is 11.9 Å². The Morgan fingerprint density at radius 1 is 1.24 bits per heavy atom. The molecule has 0 saturated carbocycles. The van der Waals surface area contributed by atoms with Crippen LogP contribution in [0.1, 0.15) is 38.1 Å². The summed E-state index contributed by atoms with van der Waals surface area (Å²) in [5, 5.41) is 0.588. The van der Waals surface area contributed by atoms with E-state index in [1.165, 1.54) is 12.1 Å². The van der Waals surface area contributed by atoms with Gasteiger partial charge in [-0.1, -0.05) is 6.08 Å². The largest absolute Gasteiger partial charge is 0.483 e. The molecule has 1 aromatic heterocycles. The first-order chi connectivity index (χ1) is 11.7. The lowest BCUT2D eigenvalue weighted by molar-refractivity contribution is -0.151. The van der Waals surface area contributed by atoms with Gasteiger partial charge in [-0.3, -0.25) is 4.79 Å². The Morgan fingerprint density at radius 2 is 1.96 bits per heavy atom. The van der Waals surface area contributed by atoms with Gasteiger partial charge in [-0.25, -0.2) is 9.59 Å². The van der Waals surface area contributed by atoms with Gasteiger partial charge >= 0.3 is 11.6 Å². The number of rotatable bonds is 2. The van der Waals surface area contributed by atoms with E-state index >= 15 is 0 Å². The van der Waals surface area contributed by atoms with Gasteiger partial charge in [-0.15, -0.1) is 0 Å². The van der Waals surface area contributed by atoms with Crippen LogP contribution < -0.4 is 10.4 Å². The molecule has 130 valence electrons. The Hall–Kier alpha value is -2.89. The molecule has 0 spiro atoms. The summed E-state index contributed by atoms with van der Waals surface area (Å²) in [5.41, 5.74) is -0.514. The van der Waals surface area contributed by atoms with Crippen LogP contribution in [0.3, 0.4) is 0 Å². The number of allylic oxidation sites excluding steroid dienone is 1. The third kappa shape index (κ3) is 2.95. The zero-order valence-corrected chi connectivity index (χ0v) is 14.4. The molecule has 0 bridgehead atoms. The van der Waals surface area contributed by atoms with Gasteiger partial charge in [-0.05, 0) is 39.8 Å². The fourth-order valence-electron chi connectivity index (χ4n) is 2.68. The Morgan fingerprint density at radius 3 is 2.64 bits per heavy atom. The number of fused-ring (bicyclic) bond motifs is 2. The first kappa shape index (κ1) is 17.0. The molecule has 1 aromatic carbocycles. The molecule has 2 heterocycles. The van der Waals surface area contributed by atoms with Crippen molar-refractivity contribution in [2.24, 2.45) is 0 Å². The van der Waals surface area contributed by atoms with Crippen molar-refractivity contribution in [3.63, 3.8) is 0 Å². The van der Waals surface area contributed by atoms with Gasteiger partial charge in [0.05, 0.1) is 5.56 Å². The summed E-state index contributed by atoms with van der Waals surface area (Å²) in [5.74, 6) is -0.615. The molecule has 1 atom stereocenters. The minimum atomic E-state index is -1.07. The van der Waals surface area contributed by atoms with Gasteiger partial charge in [-0.2, -0.15) is 0 Å². The summed E-state index contributed by atoms with van der Waals surface area (Å²) in [6.07, 6.45) is 0.544. The van der Waals surface area contributed by atoms with Gasteiger partial charge in [0.1, 0.15) is 16.9 Å². The monoisotopic (exact) mass is 342 g/mol. The van der Waals surface area contributed by atoms with Crippen LogP contribution in [-0.4, -0.2) is 23.5 Å². The van der Waals surface area contributed by atoms with E-state index in [-0.39, 0.29) is 11.3 Å². The first-order valence-corrected chi connectivity index (χ1v) is 7.88. The maximum absolute atomic E-state index is 12.9. The maximum Gasteiger partial charge on any atom is 0.336 e. The van der Waals surface area contributed by atoms with E-state index in [0.717, 1.165) is 0 Å². The third-order valence-electron chi connectivity index (χ3n) is 4.21. The van der Waals surface area contributed by atoms with Gasteiger partial charge < -0.3 is 13.9 Å². The predicted octanol–water partition coefficient (Wildman–Crippen LogP) is 3.02. The highest BCUT2D eigenvalue weighted by atomic mass is 16.6. The number of ether oxygens (including phenoxy) is 2. The SMILES string of the molecule is C/C=C(/C)C(=O)O[C@@H]1C(=O)c2cc3ccc(=O)oc3cc2OC1(C)C. The normalized spacial score (nSPS) is 19.3. The van der Waals surface area contributed by atoms with Gasteiger partial charge in [0, 0.05) is 23.1 Å². The van der Waals surface area contributed by atoms with E-state index in [0.29, 0.717) is 22.3 Å². The van der Waals surface area contributed by atoms with Crippen molar-refractivity contribution in [3.05, 3.63) is 51.9 Å². The van der Waals surface area contributed by atoms with E-state index in [2.05, 4.69) is 0 Å². The summed E-state index contributed by atoms with van der Waals surface area (Å²) in [4.78, 5) is 36.4. The molecule has 0 unspecified atom stereocenters. The van der Waals surface area contributed by atoms with Crippen molar-refractivity contribution in [2.45, 2.75) is 39.4 Å². The van der Waals surface area contributed by atoms with Crippen LogP contribution in [0.2, 0.25) is 0 Å². The summed E-state index contributed by atoms with van der Waals surface area (Å²) in [6, 6.07) is 5.94. The molecule has 1 aliphatic heterocycles. The smallest absolute Gasteiger partial charge is 0.336 e. The fourth-order valence-corrected chi connectivity index (χ4v) is 2.68. The van der Waals surface area contributed by atoms with Crippen molar-refractivity contribution in [2.75, 3.05) is 0 Å². The zero-order chi connectivity index (χ0) is 18.4. The molecule has 0 saturated heterocycles. The number of carbonyl (C=O) groups is 2. The number of ketones is 1. The van der Waals surface area contributed by atoms with Crippen molar-refractivity contribution < 1.29 is 23.5 Å². The Bertz CT molecular complexity index is 964. The Labute approximate surface area is 144 Å². The number of esters is 1. The molecule has 1 aliphatic rings. The summed E-state index contributed by atoms with van der Waals surface area (Å²) < 4.78 is 16.4. The second-order valence-electron chi connectivity index (χ2n) is 6.47. The van der Waals surface area contributed by atoms with Crippen molar-refractivity contribution in [1.82, 2.24) is 0 Å². The van der Waals surface area contributed by atoms with Crippen molar-refractivity contribution in [1.29, 1.82) is 0 Å². The van der Waals surface area contributed by atoms with Gasteiger partial charge in [0.25, 0.3) is 0 Å². The first-order valence-electron chi connectivity index (χ1n) is 7.88. The van der Waals surface area contributed by atoms with Crippen molar-refractivity contribution in [3.8, 4) is 5.75 Å². The van der Waals surface area contributed by atoms with Crippen LogP contribution >= 0.6 is 0 Å². The molecule has 0 radical (unpaired) electrons. The molecule has 2 aromatic rings. The number of hydrogen-bond donors (Lipinski definition) is 0. The molecule has 0 amide bonds. The number of benzene rings is 1. The molecule has 6 nitrogen and oxygen atoms in total. The average molecular weight is 342 g/mol. The minimum absolute atomic E-state index is 0.289. The highest BCUT2D eigenvalue weighted by Gasteiger charge is 2.46. The van der Waals surface area contributed by atoms with Crippen LogP contribution in [-0.2, 0) is 9.53 Å². The van der Waals surface area contributed by atoms with Crippen LogP contribution in [0.15, 0.2) is 45.1 Å². The quantitative estimate of drug-likeness (QED) is 0.474. The predicted molar refractivity (Wildman–Crippen MR) is 90.8 cm³/mol. The summed E-state index contributed by atoms with van der Waals surface area (Å²) in [6.45, 7) is 6.67. The molecule has 3 rings (SSSR count). The molecular weight excluding hydrogens is 324 g/mol. The summed E-state index contributed by atoms with van der Waals surface area (Å²) in [7, 11) is 0. The second-order valence-corrected chi connectivity index (χ2v) is 6.47. The van der Waals surface area contributed by atoms with Crippen LogP contribution in [0.5, 0.6) is 5.75 Å². The van der Waals surface area contributed by atoms with Gasteiger partial charge in [0.15, 0.2) is 0 Å². The standard InChI is InChI=1S/C19H18O6/c1-5-10(2)18(22)24-17-16(21)12-8-11-6-7-15(20)23-13(11)9-14(12)25-19(17,3)4/h5-9,17H,1-4H3/b10-5-/t17-/m1/s1. The third-order valence-corrected chi connectivity index (χ3v) is 4.21. The molecule has 25 heavy (non-hydrogen) atoms. The highest BCUT2D eigenvalue weighted by Crippen LogP contribution is 2.37. The van der Waals surface area contributed by atoms with E-state index in [1.54, 1.807) is 45.9 Å². The average Bonchev–Trinajstić information content (AvgIpc) is 2.55. The zero-order valence-electron chi connectivity index (χ0n) is 14.4. The molecule has 0 N–H and O–H groups in total. The summed E-state index contributed by atoms with van der Waals surface area (Å²) >= 11 is 0. The molecule has 6 heteroatoms. The van der Waals surface area contributed by atoms with Crippen molar-refractivity contribution >= 4 is 22.7 Å². The molecule has 0 fully saturated rings. The van der Waals surface area contributed by atoms with E-state index in [1.807, 2.05) is 0 Å². The number of Topliss-reactive ketones (excluding diaryl/α,β-unsaturated/α-hetero) is 1. The van der Waals surface area contributed by atoms with E-state index < -0.39 is 23.3 Å². The fraction of sp³-hybridized carbons (Fsp3) is 0.316. The number of carbonyl (C=O) groups excluding carboxylic acids is 2. The van der Waals surface area contributed by atoms with Crippen LogP contribution in [0.4, 0.5) is 0 Å². The Kier molecular flexibility index (Phi) is 3.99. The Balaban J connectivity index is 2.07. The minimum Gasteiger partial charge on any atom is -0.483 e. The van der Waals surface area contributed by atoms with E-state index in [4.69, 9.17) is 13.9 Å². The lowest BCUT2D eigenvalue weighted by Crippen LogP contribution is -2.52. The highest BCUT2D eigenvalue weighted by molar-refractivity contribution is 6.07. The maximum atomic E-state index is 12.9.